The molecule has 0 radical (unpaired) electrons. The smallest absolute Gasteiger partial charge is 0.276 e. The van der Waals surface area contributed by atoms with E-state index in [4.69, 9.17) is 4.99 Å². The predicted octanol–water partition coefficient (Wildman–Crippen LogP) is 2.48. The van der Waals surface area contributed by atoms with E-state index in [2.05, 4.69) is 26.3 Å². The number of amides is 1. The fourth-order valence-corrected chi connectivity index (χ4v) is 3.85. The highest BCUT2D eigenvalue weighted by molar-refractivity contribution is 9.10. The number of carbonyl (C=O) groups is 1. The summed E-state index contributed by atoms with van der Waals surface area (Å²) in [6.45, 7) is 1.99. The van der Waals surface area contributed by atoms with Crippen LogP contribution < -0.4 is 15.9 Å². The molecule has 5 nitrogen and oxygen atoms in total. The van der Waals surface area contributed by atoms with Gasteiger partial charge in [0.15, 0.2) is 11.3 Å². The molecule has 1 atom stereocenters. The third-order valence-corrected chi connectivity index (χ3v) is 5.26. The molecule has 0 saturated carbocycles. The first kappa shape index (κ1) is 17.2. The lowest BCUT2D eigenvalue weighted by molar-refractivity contribution is -0.116. The lowest BCUT2D eigenvalue weighted by Crippen LogP contribution is -2.50. The Balaban J connectivity index is 1.96. The van der Waals surface area contributed by atoms with Gasteiger partial charge in [-0.25, -0.2) is 9.40 Å². The van der Waals surface area contributed by atoms with Crippen molar-refractivity contribution in [1.29, 1.82) is 0 Å². The van der Waals surface area contributed by atoms with Gasteiger partial charge in [-0.05, 0) is 41.6 Å². The number of rotatable bonds is 2. The molecule has 1 amide bonds. The number of halogens is 2. The molecule has 26 heavy (non-hydrogen) atoms. The molecule has 0 fully saturated rings. The number of hydrogen-bond donors (Lipinski definition) is 1. The van der Waals surface area contributed by atoms with Crippen LogP contribution in [0.3, 0.4) is 0 Å². The summed E-state index contributed by atoms with van der Waals surface area (Å²) in [7, 11) is 0. The third-order valence-electron chi connectivity index (χ3n) is 4.02. The van der Waals surface area contributed by atoms with Crippen LogP contribution in [-0.2, 0) is 4.79 Å². The molecule has 2 aromatic rings. The van der Waals surface area contributed by atoms with Crippen molar-refractivity contribution in [1.82, 2.24) is 10.3 Å². The Kier molecular flexibility index (Phi) is 4.54. The highest BCUT2D eigenvalue weighted by atomic mass is 79.9. The molecule has 0 bridgehead atoms. The number of carbonyl (C=O) groups excluding carboxylic acids is 1. The maximum absolute atomic E-state index is 13.3. The van der Waals surface area contributed by atoms with Crippen molar-refractivity contribution >= 4 is 44.5 Å². The second kappa shape index (κ2) is 6.85. The summed E-state index contributed by atoms with van der Waals surface area (Å²) in [5.74, 6) is 0.237. The Morgan fingerprint density at radius 1 is 1.27 bits per heavy atom. The quantitative estimate of drug-likeness (QED) is 0.792. The van der Waals surface area contributed by atoms with Gasteiger partial charge in [-0.1, -0.05) is 46.7 Å². The molecule has 132 valence electrons. The summed E-state index contributed by atoms with van der Waals surface area (Å²) in [5, 5.41) is 11.0. The van der Waals surface area contributed by atoms with Crippen LogP contribution >= 0.6 is 27.7 Å². The summed E-state index contributed by atoms with van der Waals surface area (Å²) >= 11 is 4.89. The Morgan fingerprint density at radius 3 is 2.77 bits per heavy atom. The maximum atomic E-state index is 13.3. The Labute approximate surface area is 161 Å². The van der Waals surface area contributed by atoms with Gasteiger partial charge in [-0.3, -0.25) is 15.1 Å². The van der Waals surface area contributed by atoms with Crippen molar-refractivity contribution in [2.75, 3.05) is 5.75 Å². The van der Waals surface area contributed by atoms with E-state index in [1.807, 2.05) is 25.1 Å². The highest BCUT2D eigenvalue weighted by Gasteiger charge is 2.34. The largest absolute Gasteiger partial charge is 0.298 e. The second-order valence-corrected chi connectivity index (χ2v) is 7.87. The van der Waals surface area contributed by atoms with Gasteiger partial charge in [0, 0.05) is 9.69 Å². The molecule has 0 saturated heterocycles. The Hall–Kier alpha value is -2.19. The van der Waals surface area contributed by atoms with Crippen LogP contribution in [0.2, 0.25) is 0 Å². The fourth-order valence-electron chi connectivity index (χ4n) is 2.91. The van der Waals surface area contributed by atoms with Gasteiger partial charge in [0.25, 0.3) is 5.91 Å². The average Bonchev–Trinajstić information content (AvgIpc) is 2.62. The SMILES string of the molecule is CCSC1=NN2C(=c3cc(Br)ccc3=N[C@H]2c2ccc(F)cc2)C(=O)N1. The van der Waals surface area contributed by atoms with E-state index in [0.717, 1.165) is 15.8 Å². The molecular formula is C18H14BrFN4OS. The molecule has 0 aromatic heterocycles. The van der Waals surface area contributed by atoms with Gasteiger partial charge in [0.1, 0.15) is 11.5 Å². The standard InChI is InChI=1S/C18H14BrFN4OS/c1-2-26-18-22-17(25)15-13-9-11(19)5-8-14(13)21-16(24(15)23-18)10-3-6-12(20)7-4-10/h3-9,16H,2H2,1H3,(H,22,23,25)/t16-/m1/s1. The number of hydrogen-bond acceptors (Lipinski definition) is 5. The van der Waals surface area contributed by atoms with Crippen molar-refractivity contribution in [3.63, 3.8) is 0 Å². The number of nitrogens with zero attached hydrogens (tertiary/aromatic N) is 3. The van der Waals surface area contributed by atoms with Crippen LogP contribution in [-0.4, -0.2) is 21.8 Å². The molecule has 1 N–H and O–H groups in total. The van der Waals surface area contributed by atoms with E-state index in [-0.39, 0.29) is 11.7 Å². The molecule has 0 aliphatic carbocycles. The summed E-state index contributed by atoms with van der Waals surface area (Å²) in [6.07, 6.45) is -0.530. The van der Waals surface area contributed by atoms with Crippen LogP contribution in [0, 0.1) is 5.82 Å². The molecule has 2 aliphatic rings. The van der Waals surface area contributed by atoms with Gasteiger partial charge in [0.05, 0.1) is 5.36 Å². The first-order valence-electron chi connectivity index (χ1n) is 8.02. The van der Waals surface area contributed by atoms with E-state index < -0.39 is 6.17 Å². The maximum Gasteiger partial charge on any atom is 0.276 e. The van der Waals surface area contributed by atoms with Gasteiger partial charge in [0.2, 0.25) is 0 Å². The zero-order valence-corrected chi connectivity index (χ0v) is 16.1. The zero-order chi connectivity index (χ0) is 18.3. The summed E-state index contributed by atoms with van der Waals surface area (Å²) < 4.78 is 14.2. The van der Waals surface area contributed by atoms with Crippen LogP contribution in [0.1, 0.15) is 18.7 Å². The van der Waals surface area contributed by atoms with E-state index in [9.17, 15) is 9.18 Å². The minimum absolute atomic E-state index is 0.225. The molecule has 0 spiro atoms. The monoisotopic (exact) mass is 432 g/mol. The minimum Gasteiger partial charge on any atom is -0.298 e. The molecule has 2 heterocycles. The zero-order valence-electron chi connectivity index (χ0n) is 13.7. The third kappa shape index (κ3) is 3.03. The molecule has 2 aliphatic heterocycles. The number of nitrogens with one attached hydrogen (secondary N) is 1. The Bertz CT molecular complexity index is 1040. The fraction of sp³-hybridized carbons (Fsp3) is 0.167. The van der Waals surface area contributed by atoms with Crippen LogP contribution in [0.15, 0.2) is 57.0 Å². The number of amidine groups is 1. The summed E-state index contributed by atoms with van der Waals surface area (Å²) in [4.78, 5) is 17.6. The highest BCUT2D eigenvalue weighted by Crippen LogP contribution is 2.30. The first-order chi connectivity index (χ1) is 12.6. The van der Waals surface area contributed by atoms with Gasteiger partial charge in [-0.15, -0.1) is 5.10 Å². The lowest BCUT2D eigenvalue weighted by Gasteiger charge is -2.34. The van der Waals surface area contributed by atoms with E-state index in [1.54, 1.807) is 17.1 Å². The normalized spacial score (nSPS) is 18.5. The lowest BCUT2D eigenvalue weighted by atomic mass is 10.1. The van der Waals surface area contributed by atoms with Crippen LogP contribution in [0.5, 0.6) is 0 Å². The topological polar surface area (TPSA) is 57.1 Å². The van der Waals surface area contributed by atoms with E-state index in [0.29, 0.717) is 21.4 Å². The summed E-state index contributed by atoms with van der Waals surface area (Å²) in [5.41, 5.74) is 1.20. The Morgan fingerprint density at radius 2 is 2.04 bits per heavy atom. The van der Waals surface area contributed by atoms with Gasteiger partial charge in [-0.2, -0.15) is 0 Å². The van der Waals surface area contributed by atoms with Crippen molar-refractivity contribution in [3.8, 4) is 0 Å². The van der Waals surface area contributed by atoms with Crippen LogP contribution in [0.4, 0.5) is 4.39 Å². The van der Waals surface area contributed by atoms with E-state index >= 15 is 0 Å². The van der Waals surface area contributed by atoms with Crippen molar-refractivity contribution in [2.24, 2.45) is 10.1 Å². The molecule has 2 aromatic carbocycles. The number of fused-ring (bicyclic) bond motifs is 2. The van der Waals surface area contributed by atoms with Gasteiger partial charge < -0.3 is 0 Å². The molecule has 0 unspecified atom stereocenters. The summed E-state index contributed by atoms with van der Waals surface area (Å²) in [6, 6.07) is 11.7. The van der Waals surface area contributed by atoms with Crippen molar-refractivity contribution in [3.05, 3.63) is 68.9 Å². The number of hydrazone groups is 1. The number of thioether (sulfide) groups is 1. The minimum atomic E-state index is -0.530. The first-order valence-corrected chi connectivity index (χ1v) is 9.80. The van der Waals surface area contributed by atoms with Gasteiger partial charge >= 0.3 is 0 Å². The molecule has 4 rings (SSSR count). The predicted molar refractivity (Wildman–Crippen MR) is 103 cm³/mol. The molecule has 8 heteroatoms. The van der Waals surface area contributed by atoms with Crippen molar-refractivity contribution in [2.45, 2.75) is 13.1 Å². The van der Waals surface area contributed by atoms with Crippen molar-refractivity contribution < 1.29 is 9.18 Å². The average molecular weight is 433 g/mol. The van der Waals surface area contributed by atoms with E-state index in [1.165, 1.54) is 23.9 Å². The number of benzene rings is 2. The second-order valence-electron chi connectivity index (χ2n) is 5.70. The van der Waals surface area contributed by atoms with Crippen LogP contribution in [0.25, 0.3) is 5.70 Å². The molecular weight excluding hydrogens is 419 g/mol.